The number of pyridine rings is 1. The zero-order chi connectivity index (χ0) is 22.2. The number of H-pyrrole nitrogens is 1. The molecule has 0 radical (unpaired) electrons. The lowest BCUT2D eigenvalue weighted by atomic mass is 9.91. The van der Waals surface area contributed by atoms with Gasteiger partial charge < -0.3 is 14.6 Å². The van der Waals surface area contributed by atoms with Crippen molar-refractivity contribution in [1.82, 2.24) is 20.1 Å². The van der Waals surface area contributed by atoms with E-state index >= 15 is 0 Å². The van der Waals surface area contributed by atoms with Crippen molar-refractivity contribution in [1.29, 1.82) is 0 Å². The molecular weight excluding hydrogens is 436 g/mol. The Hall–Kier alpha value is -2.00. The standard InChI is InChI=1S/C25H32N4O3S/c30-20(19-7-10-27-28-19)15-16-1-6-22-23(16)24-21(8-9-26-25(24)33-22)32-18-4-2-17(3-5-18)29-11-13-31-14-12-29/h7-10,16-18,20,30H,1-6,11-15H2,(H,27,28)/t16-,17?,18?,20+/m1/s1. The lowest BCUT2D eigenvalue weighted by Crippen LogP contribution is -2.46. The third-order valence-corrected chi connectivity index (χ3v) is 8.86. The minimum atomic E-state index is -0.532. The summed E-state index contributed by atoms with van der Waals surface area (Å²) in [4.78, 5) is 9.76. The number of morpholine rings is 1. The molecule has 0 spiro atoms. The molecule has 0 aromatic carbocycles. The van der Waals surface area contributed by atoms with Crippen LogP contribution < -0.4 is 4.74 Å². The van der Waals surface area contributed by atoms with E-state index in [0.29, 0.717) is 18.4 Å². The average Bonchev–Trinajstić information content (AvgIpc) is 3.59. The Kier molecular flexibility index (Phi) is 6.09. The zero-order valence-electron chi connectivity index (χ0n) is 18.9. The first-order valence-electron chi connectivity index (χ1n) is 12.3. The Bertz CT molecular complexity index is 1070. The molecule has 1 saturated carbocycles. The topological polar surface area (TPSA) is 83.5 Å². The number of aliphatic hydroxyl groups excluding tert-OH is 1. The van der Waals surface area contributed by atoms with Gasteiger partial charge >= 0.3 is 0 Å². The van der Waals surface area contributed by atoms with Gasteiger partial charge in [-0.3, -0.25) is 10.00 Å². The summed E-state index contributed by atoms with van der Waals surface area (Å²) in [6, 6.07) is 4.57. The van der Waals surface area contributed by atoms with Crippen molar-refractivity contribution >= 4 is 21.6 Å². The van der Waals surface area contributed by atoms with Gasteiger partial charge in [-0.05, 0) is 68.6 Å². The van der Waals surface area contributed by atoms with Crippen LogP contribution in [0.3, 0.4) is 0 Å². The predicted molar refractivity (Wildman–Crippen MR) is 128 cm³/mol. The smallest absolute Gasteiger partial charge is 0.131 e. The van der Waals surface area contributed by atoms with Gasteiger partial charge in [0, 0.05) is 36.4 Å². The number of hydrogen-bond acceptors (Lipinski definition) is 7. The van der Waals surface area contributed by atoms with Crippen LogP contribution in [0.25, 0.3) is 10.2 Å². The molecule has 0 unspecified atom stereocenters. The van der Waals surface area contributed by atoms with Crippen LogP contribution in [-0.4, -0.2) is 63.6 Å². The van der Waals surface area contributed by atoms with Crippen molar-refractivity contribution in [3.63, 3.8) is 0 Å². The van der Waals surface area contributed by atoms with E-state index < -0.39 is 6.10 Å². The number of aromatic amines is 1. The van der Waals surface area contributed by atoms with Gasteiger partial charge in [-0.25, -0.2) is 4.98 Å². The van der Waals surface area contributed by atoms with E-state index in [4.69, 9.17) is 9.47 Å². The summed E-state index contributed by atoms with van der Waals surface area (Å²) in [5.74, 6) is 1.30. The first-order valence-corrected chi connectivity index (χ1v) is 13.1. The highest BCUT2D eigenvalue weighted by Gasteiger charge is 2.33. The Labute approximate surface area is 198 Å². The van der Waals surface area contributed by atoms with E-state index in [1.54, 1.807) is 17.5 Å². The van der Waals surface area contributed by atoms with Crippen molar-refractivity contribution in [2.75, 3.05) is 26.3 Å². The molecule has 1 saturated heterocycles. The van der Waals surface area contributed by atoms with Gasteiger partial charge in [-0.1, -0.05) is 0 Å². The molecular formula is C25H32N4O3S. The number of ether oxygens (including phenoxy) is 2. The maximum Gasteiger partial charge on any atom is 0.131 e. The summed E-state index contributed by atoms with van der Waals surface area (Å²) < 4.78 is 12.2. The summed E-state index contributed by atoms with van der Waals surface area (Å²) >= 11 is 1.80. The number of thiophene rings is 1. The number of nitrogens with zero attached hydrogens (tertiary/aromatic N) is 3. The van der Waals surface area contributed by atoms with Gasteiger partial charge in [0.2, 0.25) is 0 Å². The molecule has 33 heavy (non-hydrogen) atoms. The Balaban J connectivity index is 1.18. The van der Waals surface area contributed by atoms with Gasteiger partial charge in [0.1, 0.15) is 10.6 Å². The summed E-state index contributed by atoms with van der Waals surface area (Å²) in [5, 5.41) is 18.8. The molecule has 176 valence electrons. The van der Waals surface area contributed by atoms with Crippen LogP contribution in [0, 0.1) is 0 Å². The summed E-state index contributed by atoms with van der Waals surface area (Å²) in [7, 11) is 0. The quantitative estimate of drug-likeness (QED) is 0.564. The van der Waals surface area contributed by atoms with Gasteiger partial charge in [-0.15, -0.1) is 11.3 Å². The second-order valence-corrected chi connectivity index (χ2v) is 10.7. The molecule has 3 aromatic rings. The Morgan fingerprint density at radius 2 is 2.00 bits per heavy atom. The predicted octanol–water partition coefficient (Wildman–Crippen LogP) is 4.20. The molecule has 1 aliphatic heterocycles. The van der Waals surface area contributed by atoms with E-state index in [1.807, 2.05) is 18.3 Å². The average molecular weight is 469 g/mol. The monoisotopic (exact) mass is 468 g/mol. The van der Waals surface area contributed by atoms with Crippen LogP contribution in [-0.2, 0) is 11.2 Å². The fraction of sp³-hybridized carbons (Fsp3) is 0.600. The molecule has 0 amide bonds. The van der Waals surface area contributed by atoms with Crippen molar-refractivity contribution in [3.8, 4) is 5.75 Å². The fourth-order valence-electron chi connectivity index (χ4n) is 5.96. The van der Waals surface area contributed by atoms with E-state index in [0.717, 1.165) is 68.3 Å². The molecule has 2 fully saturated rings. The molecule has 7 nitrogen and oxygen atoms in total. The highest BCUT2D eigenvalue weighted by molar-refractivity contribution is 7.19. The number of aryl methyl sites for hydroxylation is 1. The second kappa shape index (κ2) is 9.33. The molecule has 2 N–H and O–H groups in total. The molecule has 6 rings (SSSR count). The minimum absolute atomic E-state index is 0.263. The van der Waals surface area contributed by atoms with Crippen LogP contribution in [0.15, 0.2) is 24.5 Å². The first kappa shape index (κ1) is 21.5. The largest absolute Gasteiger partial charge is 0.490 e. The molecule has 2 aliphatic carbocycles. The molecule has 0 bridgehead atoms. The third-order valence-electron chi connectivity index (χ3n) is 7.68. The van der Waals surface area contributed by atoms with Crippen LogP contribution >= 0.6 is 11.3 Å². The molecule has 2 atom stereocenters. The number of hydrogen-bond donors (Lipinski definition) is 2. The number of rotatable bonds is 6. The number of aliphatic hydroxyl groups is 1. The minimum Gasteiger partial charge on any atom is -0.490 e. The van der Waals surface area contributed by atoms with Crippen LogP contribution in [0.5, 0.6) is 5.75 Å². The Morgan fingerprint density at radius 1 is 1.15 bits per heavy atom. The normalized spacial score (nSPS) is 27.0. The lowest BCUT2D eigenvalue weighted by Gasteiger charge is -2.38. The van der Waals surface area contributed by atoms with Crippen molar-refractivity contribution in [3.05, 3.63) is 40.7 Å². The molecule has 8 heteroatoms. The van der Waals surface area contributed by atoms with Crippen molar-refractivity contribution in [2.45, 2.75) is 69.1 Å². The number of fused-ring (bicyclic) bond motifs is 3. The second-order valence-electron chi connectivity index (χ2n) is 9.62. The van der Waals surface area contributed by atoms with E-state index in [-0.39, 0.29) is 6.10 Å². The van der Waals surface area contributed by atoms with E-state index in [9.17, 15) is 5.11 Å². The highest BCUT2D eigenvalue weighted by atomic mass is 32.1. The maximum atomic E-state index is 10.7. The summed E-state index contributed by atoms with van der Waals surface area (Å²) in [5.41, 5.74) is 2.15. The first-order chi connectivity index (χ1) is 16.3. The summed E-state index contributed by atoms with van der Waals surface area (Å²) in [6.45, 7) is 3.86. The Morgan fingerprint density at radius 3 is 2.79 bits per heavy atom. The van der Waals surface area contributed by atoms with Gasteiger partial charge in [0.15, 0.2) is 0 Å². The molecule has 4 heterocycles. The zero-order valence-corrected chi connectivity index (χ0v) is 19.7. The van der Waals surface area contributed by atoms with Gasteiger partial charge in [0.25, 0.3) is 0 Å². The van der Waals surface area contributed by atoms with Crippen molar-refractivity contribution < 1.29 is 14.6 Å². The van der Waals surface area contributed by atoms with Crippen LogP contribution in [0.4, 0.5) is 0 Å². The van der Waals surface area contributed by atoms with Crippen LogP contribution in [0.1, 0.15) is 66.7 Å². The maximum absolute atomic E-state index is 10.7. The fourth-order valence-corrected chi connectivity index (χ4v) is 7.22. The lowest BCUT2D eigenvalue weighted by molar-refractivity contribution is -0.000920. The number of aromatic nitrogens is 3. The van der Waals surface area contributed by atoms with Crippen LogP contribution in [0.2, 0.25) is 0 Å². The summed E-state index contributed by atoms with van der Waals surface area (Å²) in [6.07, 6.45) is 10.7. The van der Waals surface area contributed by atoms with Crippen molar-refractivity contribution in [2.24, 2.45) is 0 Å². The molecule has 3 aromatic heterocycles. The van der Waals surface area contributed by atoms with E-state index in [2.05, 4.69) is 20.1 Å². The third kappa shape index (κ3) is 4.30. The molecule has 3 aliphatic rings. The highest BCUT2D eigenvalue weighted by Crippen LogP contribution is 2.49. The van der Waals surface area contributed by atoms with E-state index in [1.165, 1.54) is 28.7 Å². The van der Waals surface area contributed by atoms with Gasteiger partial charge in [-0.2, -0.15) is 5.10 Å². The SMILES string of the molecule is O[C@@H](C[C@H]1CCc2sc3nccc(OC4CCC(N5CCOCC5)CC4)c3c21)c1ccn[nH]1. The van der Waals surface area contributed by atoms with Gasteiger partial charge in [0.05, 0.1) is 36.5 Å². The number of nitrogens with one attached hydrogen (secondary N) is 1.